The third-order valence-corrected chi connectivity index (χ3v) is 8.90. The molecule has 5 rings (SSSR count). The summed E-state index contributed by atoms with van der Waals surface area (Å²) >= 11 is 0. The molecule has 0 unspecified atom stereocenters. The normalized spacial score (nSPS) is 20.6. The maximum absolute atomic E-state index is 12.9. The van der Waals surface area contributed by atoms with E-state index in [4.69, 9.17) is 4.74 Å². The van der Waals surface area contributed by atoms with E-state index >= 15 is 0 Å². The number of nitrogens with zero attached hydrogens (tertiary/aromatic N) is 1. The minimum atomic E-state index is -3.75. The number of rotatable bonds is 6. The second kappa shape index (κ2) is 8.52. The van der Waals surface area contributed by atoms with Crippen LogP contribution in [-0.2, 0) is 16.4 Å². The number of amides is 1. The van der Waals surface area contributed by atoms with Gasteiger partial charge in [-0.15, -0.1) is 0 Å². The monoisotopic (exact) mass is 478 g/mol. The molecule has 0 radical (unpaired) electrons. The SMILES string of the molecule is CC1(S(=O)(=O)NC(=O)c2ccccc2-c2ccc3c(c2)OC[C@@H](Cc2ccccn2)[C@@H]3O)CC1. The van der Waals surface area contributed by atoms with Crippen LogP contribution in [0.4, 0.5) is 0 Å². The third-order valence-electron chi connectivity index (χ3n) is 6.74. The number of carbonyl (C=O) groups excluding carboxylic acids is 1. The number of hydrogen-bond acceptors (Lipinski definition) is 6. The molecule has 1 amide bonds. The number of hydrogen-bond donors (Lipinski definition) is 2. The van der Waals surface area contributed by atoms with Crippen molar-refractivity contribution in [3.63, 3.8) is 0 Å². The Labute approximate surface area is 198 Å². The molecule has 2 N–H and O–H groups in total. The van der Waals surface area contributed by atoms with E-state index in [9.17, 15) is 18.3 Å². The van der Waals surface area contributed by atoms with Gasteiger partial charge in [-0.2, -0.15) is 0 Å². The van der Waals surface area contributed by atoms with Gasteiger partial charge in [0.25, 0.3) is 5.91 Å². The minimum absolute atomic E-state index is 0.125. The van der Waals surface area contributed by atoms with Crippen molar-refractivity contribution < 1.29 is 23.1 Å². The van der Waals surface area contributed by atoms with Gasteiger partial charge in [-0.1, -0.05) is 36.4 Å². The highest BCUT2D eigenvalue weighted by atomic mass is 32.2. The summed E-state index contributed by atoms with van der Waals surface area (Å²) in [6.45, 7) is 1.98. The van der Waals surface area contributed by atoms with Gasteiger partial charge in [0.05, 0.1) is 17.5 Å². The maximum atomic E-state index is 12.9. The largest absolute Gasteiger partial charge is 0.493 e. The van der Waals surface area contributed by atoms with Crippen molar-refractivity contribution in [2.75, 3.05) is 6.61 Å². The van der Waals surface area contributed by atoms with Gasteiger partial charge >= 0.3 is 0 Å². The molecule has 0 saturated heterocycles. The Bertz CT molecular complexity index is 1340. The quantitative estimate of drug-likeness (QED) is 0.560. The lowest BCUT2D eigenvalue weighted by Gasteiger charge is -2.30. The first-order valence-corrected chi connectivity index (χ1v) is 12.8. The summed E-state index contributed by atoms with van der Waals surface area (Å²) in [5.74, 6) is -0.228. The average molecular weight is 479 g/mol. The summed E-state index contributed by atoms with van der Waals surface area (Å²) in [5, 5.41) is 11.0. The van der Waals surface area contributed by atoms with Crippen molar-refractivity contribution in [3.8, 4) is 16.9 Å². The molecule has 1 fully saturated rings. The summed E-state index contributed by atoms with van der Waals surface area (Å²) in [5.41, 5.74) is 3.13. The number of benzene rings is 2. The smallest absolute Gasteiger partial charge is 0.265 e. The van der Waals surface area contributed by atoms with Crippen LogP contribution in [0.25, 0.3) is 11.1 Å². The van der Waals surface area contributed by atoms with Crippen molar-refractivity contribution in [1.29, 1.82) is 0 Å². The van der Waals surface area contributed by atoms with E-state index < -0.39 is 26.8 Å². The summed E-state index contributed by atoms with van der Waals surface area (Å²) in [4.78, 5) is 17.3. The van der Waals surface area contributed by atoms with Gasteiger partial charge in [-0.3, -0.25) is 9.78 Å². The maximum Gasteiger partial charge on any atom is 0.265 e. The second-order valence-electron chi connectivity index (χ2n) is 9.22. The predicted molar refractivity (Wildman–Crippen MR) is 128 cm³/mol. The number of ether oxygens (including phenoxy) is 1. The first-order chi connectivity index (χ1) is 16.3. The Hall–Kier alpha value is -3.23. The van der Waals surface area contributed by atoms with Crippen LogP contribution >= 0.6 is 0 Å². The van der Waals surface area contributed by atoms with Gasteiger partial charge in [0.1, 0.15) is 5.75 Å². The molecule has 1 aliphatic heterocycles. The lowest BCUT2D eigenvalue weighted by atomic mass is 9.88. The van der Waals surface area contributed by atoms with Gasteiger partial charge in [0, 0.05) is 28.9 Å². The lowest BCUT2D eigenvalue weighted by molar-refractivity contribution is 0.0503. The van der Waals surface area contributed by atoms with Crippen molar-refractivity contribution in [1.82, 2.24) is 9.71 Å². The van der Waals surface area contributed by atoms with Crippen molar-refractivity contribution in [2.45, 2.75) is 37.0 Å². The fourth-order valence-electron chi connectivity index (χ4n) is 4.25. The number of aliphatic hydroxyl groups excluding tert-OH is 1. The predicted octanol–water partition coefficient (Wildman–Crippen LogP) is 3.65. The van der Waals surface area contributed by atoms with Crippen LogP contribution in [0.15, 0.2) is 66.9 Å². The van der Waals surface area contributed by atoms with Gasteiger partial charge < -0.3 is 9.84 Å². The minimum Gasteiger partial charge on any atom is -0.493 e. The number of sulfonamides is 1. The highest BCUT2D eigenvalue weighted by Gasteiger charge is 2.51. The molecule has 3 aromatic rings. The molecule has 2 atom stereocenters. The first-order valence-electron chi connectivity index (χ1n) is 11.3. The summed E-state index contributed by atoms with van der Waals surface area (Å²) in [6, 6.07) is 18.0. The Morgan fingerprint density at radius 1 is 1.15 bits per heavy atom. The van der Waals surface area contributed by atoms with Crippen LogP contribution in [-0.4, -0.2) is 35.8 Å². The van der Waals surface area contributed by atoms with Crippen LogP contribution in [0.1, 0.15) is 47.5 Å². The number of fused-ring (bicyclic) bond motifs is 1. The highest BCUT2D eigenvalue weighted by molar-refractivity contribution is 7.91. The molecule has 0 spiro atoms. The molecule has 2 heterocycles. The van der Waals surface area contributed by atoms with Crippen molar-refractivity contribution >= 4 is 15.9 Å². The van der Waals surface area contributed by atoms with Gasteiger partial charge in [0.2, 0.25) is 10.0 Å². The fraction of sp³-hybridized carbons (Fsp3) is 0.308. The Kier molecular flexibility index (Phi) is 5.65. The molecular formula is C26H26N2O5S. The zero-order valence-corrected chi connectivity index (χ0v) is 19.6. The molecule has 2 aromatic carbocycles. The fourth-order valence-corrected chi connectivity index (χ4v) is 5.49. The zero-order chi connectivity index (χ0) is 23.9. The molecule has 1 aliphatic carbocycles. The van der Waals surface area contributed by atoms with Gasteiger partial charge in [-0.05, 0) is 61.6 Å². The molecule has 7 nitrogen and oxygen atoms in total. The van der Waals surface area contributed by atoms with Crippen LogP contribution in [0, 0.1) is 5.92 Å². The van der Waals surface area contributed by atoms with E-state index in [1.165, 1.54) is 0 Å². The van der Waals surface area contributed by atoms with Crippen LogP contribution in [0.3, 0.4) is 0 Å². The average Bonchev–Trinajstić information content (AvgIpc) is 3.60. The van der Waals surface area contributed by atoms with Crippen LogP contribution in [0.2, 0.25) is 0 Å². The van der Waals surface area contributed by atoms with E-state index in [1.807, 2.05) is 24.3 Å². The molecule has 0 bridgehead atoms. The summed E-state index contributed by atoms with van der Waals surface area (Å²) < 4.78 is 32.5. The van der Waals surface area contributed by atoms with E-state index in [1.54, 1.807) is 49.5 Å². The number of aliphatic hydroxyl groups is 1. The van der Waals surface area contributed by atoms with E-state index in [0.29, 0.717) is 48.3 Å². The standard InChI is InChI=1S/C26H26N2O5S/c1-26(11-12-26)34(31,32)28-25(30)21-8-3-2-7-20(21)17-9-10-22-23(15-17)33-16-18(24(22)29)14-19-6-4-5-13-27-19/h2-10,13,15,18,24,29H,11-12,14,16H2,1H3,(H,28,30)/t18-,24+/m1/s1. The van der Waals surface area contributed by atoms with Gasteiger partial charge in [0.15, 0.2) is 0 Å². The molecule has 1 saturated carbocycles. The molecule has 1 aromatic heterocycles. The highest BCUT2D eigenvalue weighted by Crippen LogP contribution is 2.43. The number of nitrogens with one attached hydrogen (secondary N) is 1. The number of aromatic nitrogens is 1. The van der Waals surface area contributed by atoms with Crippen molar-refractivity contribution in [2.24, 2.45) is 5.92 Å². The Balaban J connectivity index is 1.40. The summed E-state index contributed by atoms with van der Waals surface area (Å²) in [7, 11) is -3.75. The molecule has 34 heavy (non-hydrogen) atoms. The molecular weight excluding hydrogens is 452 g/mol. The Morgan fingerprint density at radius 2 is 1.91 bits per heavy atom. The topological polar surface area (TPSA) is 106 Å². The molecule has 2 aliphatic rings. The van der Waals surface area contributed by atoms with Crippen molar-refractivity contribution in [3.05, 3.63) is 83.7 Å². The molecule has 8 heteroatoms. The van der Waals surface area contributed by atoms with Gasteiger partial charge in [-0.25, -0.2) is 13.1 Å². The first kappa shape index (κ1) is 22.6. The second-order valence-corrected chi connectivity index (χ2v) is 11.4. The van der Waals surface area contributed by atoms with E-state index in [-0.39, 0.29) is 11.5 Å². The van der Waals surface area contributed by atoms with Crippen LogP contribution in [0.5, 0.6) is 5.75 Å². The number of pyridine rings is 1. The van der Waals surface area contributed by atoms with Crippen LogP contribution < -0.4 is 9.46 Å². The number of carbonyl (C=O) groups is 1. The Morgan fingerprint density at radius 3 is 2.65 bits per heavy atom. The molecule has 176 valence electrons. The zero-order valence-electron chi connectivity index (χ0n) is 18.8. The summed E-state index contributed by atoms with van der Waals surface area (Å²) in [6.07, 6.45) is 2.71. The lowest BCUT2D eigenvalue weighted by Crippen LogP contribution is -2.38. The third kappa shape index (κ3) is 4.19. The van der Waals surface area contributed by atoms with E-state index in [2.05, 4.69) is 9.71 Å². The van der Waals surface area contributed by atoms with E-state index in [0.717, 1.165) is 5.69 Å².